The van der Waals surface area contributed by atoms with Gasteiger partial charge < -0.3 is 29.7 Å². The molecule has 0 aliphatic rings. The second-order valence-electron chi connectivity index (χ2n) is 11.2. The third kappa shape index (κ3) is 42.3. The molecule has 0 heterocycles. The number of hydrogen-bond acceptors (Lipinski definition) is 9. The van der Waals surface area contributed by atoms with Crippen LogP contribution in [0.3, 0.4) is 0 Å². The van der Waals surface area contributed by atoms with Crippen molar-refractivity contribution in [3.8, 4) is 0 Å². The Bertz CT molecular complexity index is 535. The van der Waals surface area contributed by atoms with Crippen LogP contribution < -0.4 is 15.3 Å². The molecule has 0 saturated carbocycles. The van der Waals surface area contributed by atoms with Gasteiger partial charge in [0, 0.05) is 17.9 Å². The molecule has 0 saturated heterocycles. The fourth-order valence-corrected chi connectivity index (χ4v) is 6.18. The first-order valence-electron chi connectivity index (χ1n) is 17.2. The van der Waals surface area contributed by atoms with Crippen molar-refractivity contribution < 1.29 is 29.7 Å². The van der Waals surface area contributed by atoms with Gasteiger partial charge in [0.25, 0.3) is 0 Å². The number of thiol groups is 3. The number of carboxylic acid groups (broad SMARTS) is 3. The number of carbonyl (C=O) groups excluding carboxylic acids is 3. The van der Waals surface area contributed by atoms with Gasteiger partial charge in [0.05, 0.1) is 0 Å². The molecule has 0 radical (unpaired) electrons. The van der Waals surface area contributed by atoms with E-state index in [1.807, 2.05) is 0 Å². The van der Waals surface area contributed by atoms with E-state index in [1.54, 1.807) is 22.5 Å². The third-order valence-electron chi connectivity index (χ3n) is 7.18. The second-order valence-corrected chi connectivity index (χ2v) is 14.0. The Hall–Kier alpha value is 0.259. The average molecular weight is 786 g/mol. The number of carboxylic acids is 3. The molecule has 0 amide bonds. The van der Waals surface area contributed by atoms with Crippen LogP contribution in [0, 0.1) is 17.8 Å². The molecule has 0 aliphatic heterocycles. The van der Waals surface area contributed by atoms with Crippen LogP contribution in [0.2, 0.25) is 4.44 Å². The van der Waals surface area contributed by atoms with E-state index in [-0.39, 0.29) is 17.8 Å². The van der Waals surface area contributed by atoms with E-state index in [2.05, 4.69) is 65.6 Å². The molecular formula is C34H66O6S3Sn. The molecule has 260 valence electrons. The summed E-state index contributed by atoms with van der Waals surface area (Å²) in [5.74, 6) is -1.69. The van der Waals surface area contributed by atoms with Crippen LogP contribution in [0.4, 0.5) is 0 Å². The van der Waals surface area contributed by atoms with Crippen molar-refractivity contribution in [2.75, 3.05) is 17.3 Å². The Kier molecular flexibility index (Phi) is 50.2. The monoisotopic (exact) mass is 786 g/mol. The Morgan fingerprint density at radius 3 is 0.841 bits per heavy atom. The SMILES string of the molecule is CCCCCCC(CCS)C(=O)[O-].CCCCCCC(CCS)C(=O)[O-].CCCCCCC(CCS)C(=O)[O-].CCC[CH2][Sn+3]. The van der Waals surface area contributed by atoms with Gasteiger partial charge in [-0.2, -0.15) is 37.9 Å². The van der Waals surface area contributed by atoms with Crippen molar-refractivity contribution in [1.82, 2.24) is 0 Å². The van der Waals surface area contributed by atoms with E-state index in [0.29, 0.717) is 36.5 Å². The minimum atomic E-state index is -0.912. The maximum atomic E-state index is 10.6. The van der Waals surface area contributed by atoms with Crippen LogP contribution in [0.1, 0.15) is 156 Å². The van der Waals surface area contributed by atoms with Crippen LogP contribution in [-0.4, -0.2) is 57.7 Å². The Morgan fingerprint density at radius 1 is 0.455 bits per heavy atom. The zero-order chi connectivity index (χ0) is 34.4. The van der Waals surface area contributed by atoms with Crippen LogP contribution >= 0.6 is 37.9 Å². The molecule has 6 nitrogen and oxygen atoms in total. The molecule has 0 aromatic carbocycles. The first kappa shape index (κ1) is 51.1. The van der Waals surface area contributed by atoms with E-state index in [1.165, 1.54) is 55.8 Å². The number of carbonyl (C=O) groups is 3. The zero-order valence-electron chi connectivity index (χ0n) is 28.5. The van der Waals surface area contributed by atoms with Crippen molar-refractivity contribution in [3.63, 3.8) is 0 Å². The standard InChI is InChI=1S/3C10H20O2S.C4H9.Sn/c3*1-2-3-4-5-6-9(7-8-13)10(11)12;1-3-4-2;/h3*9,13H,2-8H2,1H3,(H,11,12);1,3-4H2,2H3;/q;;;;+3/p-3. The second kappa shape index (κ2) is 43.3. The van der Waals surface area contributed by atoms with Gasteiger partial charge in [-0.15, -0.1) is 0 Å². The third-order valence-corrected chi connectivity index (χ3v) is 8.97. The molecule has 0 aliphatic carbocycles. The van der Waals surface area contributed by atoms with Gasteiger partial charge in [0.1, 0.15) is 0 Å². The maximum absolute atomic E-state index is 10.6. The number of hydrogen-bond donors (Lipinski definition) is 3. The normalized spacial score (nSPS) is 12.3. The molecule has 0 bridgehead atoms. The Balaban J connectivity index is -0.000000253. The number of unbranched alkanes of at least 4 members (excludes halogenated alkanes) is 10. The fraction of sp³-hybridized carbons (Fsp3) is 0.912. The molecule has 0 fully saturated rings. The van der Waals surface area contributed by atoms with Crippen molar-refractivity contribution in [2.45, 2.75) is 161 Å². The van der Waals surface area contributed by atoms with Gasteiger partial charge in [0.2, 0.25) is 0 Å². The van der Waals surface area contributed by atoms with Gasteiger partial charge in [0.15, 0.2) is 0 Å². The molecule has 0 aromatic rings. The molecule has 0 N–H and O–H groups in total. The van der Waals surface area contributed by atoms with Gasteiger partial charge in [-0.05, 0) is 73.5 Å². The summed E-state index contributed by atoms with van der Waals surface area (Å²) in [6.07, 6.45) is 20.5. The van der Waals surface area contributed by atoms with Crippen molar-refractivity contribution in [2.24, 2.45) is 17.8 Å². The van der Waals surface area contributed by atoms with Crippen LogP contribution in [0.15, 0.2) is 0 Å². The van der Waals surface area contributed by atoms with Gasteiger partial charge >= 0.3 is 46.7 Å². The van der Waals surface area contributed by atoms with Gasteiger partial charge in [-0.3, -0.25) is 0 Å². The van der Waals surface area contributed by atoms with Crippen LogP contribution in [0.5, 0.6) is 0 Å². The van der Waals surface area contributed by atoms with Crippen molar-refractivity contribution in [1.29, 1.82) is 0 Å². The molecular weight excluding hydrogens is 719 g/mol. The van der Waals surface area contributed by atoms with E-state index in [9.17, 15) is 29.7 Å². The molecule has 44 heavy (non-hydrogen) atoms. The van der Waals surface area contributed by atoms with Gasteiger partial charge in [-0.25, -0.2) is 0 Å². The summed E-state index contributed by atoms with van der Waals surface area (Å²) in [6, 6.07) is 0. The molecule has 0 rings (SSSR count). The summed E-state index contributed by atoms with van der Waals surface area (Å²) in [5, 5.41) is 31.8. The fourth-order valence-electron chi connectivity index (χ4n) is 4.24. The molecule has 0 aromatic heterocycles. The zero-order valence-corrected chi connectivity index (χ0v) is 34.0. The van der Waals surface area contributed by atoms with E-state index in [0.717, 1.165) is 57.8 Å². The van der Waals surface area contributed by atoms with E-state index < -0.39 is 17.9 Å². The van der Waals surface area contributed by atoms with Crippen LogP contribution in [0.25, 0.3) is 0 Å². The summed E-state index contributed by atoms with van der Waals surface area (Å²) in [5.41, 5.74) is 0. The van der Waals surface area contributed by atoms with E-state index in [4.69, 9.17) is 0 Å². The van der Waals surface area contributed by atoms with Crippen molar-refractivity contribution >= 4 is 78.3 Å². The summed E-state index contributed by atoms with van der Waals surface area (Å²) in [4.78, 5) is 31.8. The molecule has 3 atom stereocenters. The first-order valence-corrected chi connectivity index (χ1v) is 21.1. The molecule has 3 unspecified atom stereocenters. The summed E-state index contributed by atoms with van der Waals surface area (Å²) < 4.78 is 1.43. The summed E-state index contributed by atoms with van der Waals surface area (Å²) in [6.45, 7) is 8.65. The summed E-state index contributed by atoms with van der Waals surface area (Å²) in [7, 11) is 0. The van der Waals surface area contributed by atoms with Crippen LogP contribution in [-0.2, 0) is 14.4 Å². The molecule has 10 heteroatoms. The number of rotatable bonds is 26. The predicted octanol–water partition coefficient (Wildman–Crippen LogP) is 6.30. The van der Waals surface area contributed by atoms with E-state index >= 15 is 0 Å². The number of aliphatic carboxylic acids is 3. The van der Waals surface area contributed by atoms with Gasteiger partial charge in [-0.1, -0.05) is 97.8 Å². The average Bonchev–Trinajstić information content (AvgIpc) is 2.99. The topological polar surface area (TPSA) is 120 Å². The summed E-state index contributed by atoms with van der Waals surface area (Å²) >= 11 is 13.8. The Morgan fingerprint density at radius 2 is 0.705 bits per heavy atom. The first-order chi connectivity index (χ1) is 21.1. The predicted molar refractivity (Wildman–Crippen MR) is 193 cm³/mol. The minimum absolute atomic E-state index is 0.283. The van der Waals surface area contributed by atoms with Crippen molar-refractivity contribution in [3.05, 3.63) is 0 Å². The molecule has 0 spiro atoms. The Labute approximate surface area is 301 Å². The quantitative estimate of drug-likeness (QED) is 0.0538.